The Bertz CT molecular complexity index is 248. The van der Waals surface area contributed by atoms with Crippen LogP contribution in [0.15, 0.2) is 0 Å². The molecule has 1 saturated heterocycles. The predicted octanol–water partition coefficient (Wildman–Crippen LogP) is 1.62. The van der Waals surface area contributed by atoms with E-state index in [0.29, 0.717) is 36.6 Å². The van der Waals surface area contributed by atoms with Gasteiger partial charge in [0.15, 0.2) is 0 Å². The van der Waals surface area contributed by atoms with Gasteiger partial charge in [0.1, 0.15) is 0 Å². The standard InChI is InChI=1S/C11H18Br2N2O2/c12-4-2-10(16)14-6-1-7-15(9-8-14)11(17)3-5-13/h1-9H2. The Hall–Kier alpha value is -0.100. The lowest BCUT2D eigenvalue weighted by Gasteiger charge is -2.21. The molecular weight excluding hydrogens is 352 g/mol. The number of rotatable bonds is 4. The van der Waals surface area contributed by atoms with Crippen molar-refractivity contribution >= 4 is 43.7 Å². The molecule has 1 fully saturated rings. The fourth-order valence-electron chi connectivity index (χ4n) is 1.89. The maximum absolute atomic E-state index is 11.7. The molecule has 0 aliphatic carbocycles. The molecule has 0 unspecified atom stereocenters. The first-order valence-electron chi connectivity index (χ1n) is 5.86. The van der Waals surface area contributed by atoms with Crippen LogP contribution >= 0.6 is 31.9 Å². The van der Waals surface area contributed by atoms with Crippen LogP contribution in [0.25, 0.3) is 0 Å². The summed E-state index contributed by atoms with van der Waals surface area (Å²) < 4.78 is 0. The van der Waals surface area contributed by atoms with Gasteiger partial charge in [-0.15, -0.1) is 0 Å². The van der Waals surface area contributed by atoms with Crippen LogP contribution in [0.3, 0.4) is 0 Å². The minimum atomic E-state index is 0.177. The summed E-state index contributed by atoms with van der Waals surface area (Å²) in [7, 11) is 0. The second kappa shape index (κ2) is 8.08. The Morgan fingerprint density at radius 1 is 0.824 bits per heavy atom. The van der Waals surface area contributed by atoms with Gasteiger partial charge in [0.05, 0.1) is 0 Å². The van der Waals surface area contributed by atoms with Crippen LogP contribution in [0.4, 0.5) is 0 Å². The average molecular weight is 370 g/mol. The lowest BCUT2D eigenvalue weighted by molar-refractivity contribution is -0.133. The van der Waals surface area contributed by atoms with Crippen LogP contribution in [0.2, 0.25) is 0 Å². The summed E-state index contributed by atoms with van der Waals surface area (Å²) in [4.78, 5) is 27.2. The zero-order valence-corrected chi connectivity index (χ0v) is 13.0. The molecule has 0 aromatic heterocycles. The van der Waals surface area contributed by atoms with Crippen LogP contribution in [0.1, 0.15) is 19.3 Å². The van der Waals surface area contributed by atoms with Gasteiger partial charge in [-0.2, -0.15) is 0 Å². The van der Waals surface area contributed by atoms with Crippen LogP contribution in [0, 0.1) is 0 Å². The van der Waals surface area contributed by atoms with Crippen molar-refractivity contribution in [3.05, 3.63) is 0 Å². The van der Waals surface area contributed by atoms with Crippen LogP contribution in [-0.2, 0) is 9.59 Å². The summed E-state index contributed by atoms with van der Waals surface area (Å²) >= 11 is 6.55. The molecule has 2 amide bonds. The monoisotopic (exact) mass is 368 g/mol. The van der Waals surface area contributed by atoms with Gasteiger partial charge in [-0.25, -0.2) is 0 Å². The third-order valence-corrected chi connectivity index (χ3v) is 3.61. The van der Waals surface area contributed by atoms with E-state index in [4.69, 9.17) is 0 Å². The van der Waals surface area contributed by atoms with E-state index in [-0.39, 0.29) is 11.8 Å². The first-order valence-corrected chi connectivity index (χ1v) is 8.10. The highest BCUT2D eigenvalue weighted by Gasteiger charge is 2.20. The average Bonchev–Trinajstić information content (AvgIpc) is 2.55. The van der Waals surface area contributed by atoms with Crippen LogP contribution in [0.5, 0.6) is 0 Å². The summed E-state index contributed by atoms with van der Waals surface area (Å²) in [6.07, 6.45) is 1.95. The Labute approximate surface area is 119 Å². The number of hydrogen-bond acceptors (Lipinski definition) is 2. The maximum atomic E-state index is 11.7. The summed E-state index contributed by atoms with van der Waals surface area (Å²) in [6.45, 7) is 2.87. The van der Waals surface area contributed by atoms with E-state index >= 15 is 0 Å². The highest BCUT2D eigenvalue weighted by atomic mass is 79.9. The smallest absolute Gasteiger partial charge is 0.223 e. The van der Waals surface area contributed by atoms with Gasteiger partial charge in [0.2, 0.25) is 11.8 Å². The highest BCUT2D eigenvalue weighted by molar-refractivity contribution is 9.09. The van der Waals surface area contributed by atoms with E-state index in [9.17, 15) is 9.59 Å². The summed E-state index contributed by atoms with van der Waals surface area (Å²) in [5.74, 6) is 0.355. The second-order valence-corrected chi connectivity index (χ2v) is 5.58. The minimum Gasteiger partial charge on any atom is -0.341 e. The molecule has 0 bridgehead atoms. The zero-order valence-electron chi connectivity index (χ0n) is 9.83. The molecule has 1 aliphatic rings. The van der Waals surface area contributed by atoms with Gasteiger partial charge in [0, 0.05) is 49.7 Å². The summed E-state index contributed by atoms with van der Waals surface area (Å²) in [5.41, 5.74) is 0. The molecule has 0 N–H and O–H groups in total. The quantitative estimate of drug-likeness (QED) is 0.706. The fraction of sp³-hybridized carbons (Fsp3) is 0.818. The molecule has 17 heavy (non-hydrogen) atoms. The Morgan fingerprint density at radius 3 is 1.59 bits per heavy atom. The van der Waals surface area contributed by atoms with E-state index in [0.717, 1.165) is 19.5 Å². The van der Waals surface area contributed by atoms with Crippen molar-refractivity contribution in [1.29, 1.82) is 0 Å². The number of carbonyl (C=O) groups is 2. The van der Waals surface area contributed by atoms with E-state index in [2.05, 4.69) is 31.9 Å². The number of halogens is 2. The van der Waals surface area contributed by atoms with Crippen molar-refractivity contribution < 1.29 is 9.59 Å². The summed E-state index contributed by atoms with van der Waals surface area (Å²) in [5, 5.41) is 1.41. The van der Waals surface area contributed by atoms with Crippen molar-refractivity contribution in [1.82, 2.24) is 9.80 Å². The van der Waals surface area contributed by atoms with Crippen molar-refractivity contribution in [2.45, 2.75) is 19.3 Å². The molecule has 1 heterocycles. The lowest BCUT2D eigenvalue weighted by Crippen LogP contribution is -2.37. The molecule has 0 aromatic carbocycles. The number of carbonyl (C=O) groups excluding carboxylic acids is 2. The molecule has 0 aromatic rings. The molecular formula is C11H18Br2N2O2. The first-order chi connectivity index (χ1) is 8.19. The Balaban J connectivity index is 2.44. The molecule has 98 valence electrons. The van der Waals surface area contributed by atoms with E-state index in [1.807, 2.05) is 9.80 Å². The summed E-state index contributed by atoms with van der Waals surface area (Å²) in [6, 6.07) is 0. The Morgan fingerprint density at radius 2 is 1.24 bits per heavy atom. The van der Waals surface area contributed by atoms with E-state index in [1.165, 1.54) is 0 Å². The van der Waals surface area contributed by atoms with E-state index < -0.39 is 0 Å². The van der Waals surface area contributed by atoms with Gasteiger partial charge in [-0.05, 0) is 6.42 Å². The SMILES string of the molecule is O=C(CCBr)N1CCCN(C(=O)CCBr)CC1. The Kier molecular flexibility index (Phi) is 7.11. The first kappa shape index (κ1) is 15.0. The largest absolute Gasteiger partial charge is 0.341 e. The minimum absolute atomic E-state index is 0.177. The lowest BCUT2D eigenvalue weighted by atomic mass is 10.3. The van der Waals surface area contributed by atoms with Gasteiger partial charge in [-0.1, -0.05) is 31.9 Å². The van der Waals surface area contributed by atoms with Gasteiger partial charge >= 0.3 is 0 Å². The van der Waals surface area contributed by atoms with Crippen molar-refractivity contribution in [2.24, 2.45) is 0 Å². The van der Waals surface area contributed by atoms with Gasteiger partial charge in [0.25, 0.3) is 0 Å². The zero-order chi connectivity index (χ0) is 12.7. The molecule has 0 spiro atoms. The van der Waals surface area contributed by atoms with E-state index in [1.54, 1.807) is 0 Å². The molecule has 4 nitrogen and oxygen atoms in total. The van der Waals surface area contributed by atoms with Gasteiger partial charge in [-0.3, -0.25) is 9.59 Å². The third-order valence-electron chi connectivity index (χ3n) is 2.82. The number of hydrogen-bond donors (Lipinski definition) is 0. The molecule has 1 rings (SSSR count). The van der Waals surface area contributed by atoms with Crippen molar-refractivity contribution in [3.63, 3.8) is 0 Å². The molecule has 0 atom stereocenters. The van der Waals surface area contributed by atoms with Crippen molar-refractivity contribution in [2.75, 3.05) is 36.8 Å². The van der Waals surface area contributed by atoms with Gasteiger partial charge < -0.3 is 9.80 Å². The molecule has 1 aliphatic heterocycles. The molecule has 0 saturated carbocycles. The van der Waals surface area contributed by atoms with Crippen LogP contribution < -0.4 is 0 Å². The second-order valence-electron chi connectivity index (χ2n) is 3.99. The number of alkyl halides is 2. The third kappa shape index (κ3) is 4.95. The maximum Gasteiger partial charge on any atom is 0.223 e. The normalized spacial score (nSPS) is 16.8. The predicted molar refractivity (Wildman–Crippen MR) is 74.6 cm³/mol. The molecule has 6 heteroatoms. The molecule has 0 radical (unpaired) electrons. The number of amides is 2. The van der Waals surface area contributed by atoms with Crippen molar-refractivity contribution in [3.8, 4) is 0 Å². The fourth-order valence-corrected chi connectivity index (χ4v) is 2.57. The van der Waals surface area contributed by atoms with Crippen LogP contribution in [-0.4, -0.2) is 58.5 Å². The topological polar surface area (TPSA) is 40.6 Å². The number of nitrogens with zero attached hydrogens (tertiary/aromatic N) is 2. The highest BCUT2D eigenvalue weighted by Crippen LogP contribution is 2.07.